The maximum absolute atomic E-state index is 13.8. The zero-order valence-electron chi connectivity index (χ0n) is 11.7. The minimum absolute atomic E-state index is 0.125. The molecule has 0 radical (unpaired) electrons. The molecule has 1 aliphatic heterocycles. The van der Waals surface area contributed by atoms with Crippen molar-refractivity contribution in [1.29, 1.82) is 0 Å². The number of likely N-dealkylation sites (tertiary alicyclic amines) is 1. The van der Waals surface area contributed by atoms with Crippen LogP contribution < -0.4 is 0 Å². The molecule has 2 atom stereocenters. The van der Waals surface area contributed by atoms with Crippen LogP contribution in [0.5, 0.6) is 0 Å². The number of alkyl halides is 1. The zero-order valence-corrected chi connectivity index (χ0v) is 11.7. The van der Waals surface area contributed by atoms with Crippen molar-refractivity contribution < 1.29 is 23.8 Å². The van der Waals surface area contributed by atoms with Crippen molar-refractivity contribution >= 4 is 11.9 Å². The Bertz CT molecular complexity index is 348. The standard InChI is InChI=1S/C13H22FNO4/c1-9(2)4-7-19-10(3)11(16)15-6-5-13(14,8-15)12(17)18/h9-10H,4-8H2,1-3H3,(H,17,18). The summed E-state index contributed by atoms with van der Waals surface area (Å²) in [5.41, 5.74) is -2.31. The first-order chi connectivity index (χ1) is 8.76. The van der Waals surface area contributed by atoms with Crippen LogP contribution in [0.4, 0.5) is 4.39 Å². The second-order valence-corrected chi connectivity index (χ2v) is 5.48. The quantitative estimate of drug-likeness (QED) is 0.797. The Kier molecular flexibility index (Phi) is 5.29. The molecule has 1 aliphatic rings. The Morgan fingerprint density at radius 1 is 1.42 bits per heavy atom. The molecule has 19 heavy (non-hydrogen) atoms. The molecule has 1 fully saturated rings. The van der Waals surface area contributed by atoms with Crippen molar-refractivity contribution in [2.45, 2.75) is 45.4 Å². The van der Waals surface area contributed by atoms with Gasteiger partial charge in [-0.05, 0) is 19.3 Å². The Balaban J connectivity index is 2.44. The number of hydrogen-bond donors (Lipinski definition) is 1. The number of amides is 1. The SMILES string of the molecule is CC(C)CCOC(C)C(=O)N1CCC(F)(C(=O)O)C1. The second kappa shape index (κ2) is 6.32. The fraction of sp³-hybridized carbons (Fsp3) is 0.846. The van der Waals surface area contributed by atoms with Gasteiger partial charge in [0.1, 0.15) is 6.10 Å². The normalized spacial score (nSPS) is 24.8. The van der Waals surface area contributed by atoms with E-state index in [4.69, 9.17) is 9.84 Å². The topological polar surface area (TPSA) is 66.8 Å². The predicted octanol–water partition coefficient (Wildman–Crippen LogP) is 1.46. The van der Waals surface area contributed by atoms with Crippen LogP contribution in [-0.2, 0) is 14.3 Å². The van der Waals surface area contributed by atoms with Gasteiger partial charge < -0.3 is 14.7 Å². The van der Waals surface area contributed by atoms with E-state index in [2.05, 4.69) is 13.8 Å². The number of rotatable bonds is 6. The van der Waals surface area contributed by atoms with Gasteiger partial charge in [0, 0.05) is 19.6 Å². The van der Waals surface area contributed by atoms with E-state index in [1.807, 2.05) is 0 Å². The van der Waals surface area contributed by atoms with Crippen LogP contribution in [0.1, 0.15) is 33.6 Å². The molecule has 0 saturated carbocycles. The minimum atomic E-state index is -2.31. The third kappa shape index (κ3) is 4.16. The van der Waals surface area contributed by atoms with E-state index < -0.39 is 17.7 Å². The largest absolute Gasteiger partial charge is 0.479 e. The molecular weight excluding hydrogens is 253 g/mol. The van der Waals surface area contributed by atoms with Crippen LogP contribution in [-0.4, -0.2) is 53.4 Å². The molecule has 1 N–H and O–H groups in total. The zero-order chi connectivity index (χ0) is 14.6. The maximum Gasteiger partial charge on any atom is 0.343 e. The van der Waals surface area contributed by atoms with Gasteiger partial charge >= 0.3 is 5.97 Å². The molecule has 110 valence electrons. The number of carboxylic acids is 1. The van der Waals surface area contributed by atoms with Crippen LogP contribution in [0.25, 0.3) is 0 Å². The van der Waals surface area contributed by atoms with Crippen LogP contribution in [0.3, 0.4) is 0 Å². The number of aliphatic carboxylic acids is 1. The van der Waals surface area contributed by atoms with E-state index in [9.17, 15) is 14.0 Å². The second-order valence-electron chi connectivity index (χ2n) is 5.48. The van der Waals surface area contributed by atoms with E-state index >= 15 is 0 Å². The predicted molar refractivity (Wildman–Crippen MR) is 67.5 cm³/mol. The lowest BCUT2D eigenvalue weighted by Gasteiger charge is -2.22. The highest BCUT2D eigenvalue weighted by Gasteiger charge is 2.47. The van der Waals surface area contributed by atoms with Crippen LogP contribution in [0, 0.1) is 5.92 Å². The Labute approximate surface area is 112 Å². The molecule has 0 bridgehead atoms. The van der Waals surface area contributed by atoms with Crippen molar-refractivity contribution in [3.63, 3.8) is 0 Å². The molecule has 2 unspecified atom stereocenters. The van der Waals surface area contributed by atoms with Crippen molar-refractivity contribution in [2.75, 3.05) is 19.7 Å². The van der Waals surface area contributed by atoms with Gasteiger partial charge in [-0.2, -0.15) is 0 Å². The average molecular weight is 275 g/mol. The number of ether oxygens (including phenoxy) is 1. The molecule has 1 amide bonds. The summed E-state index contributed by atoms with van der Waals surface area (Å²) < 4.78 is 19.2. The van der Waals surface area contributed by atoms with Crippen molar-refractivity contribution in [3.05, 3.63) is 0 Å². The van der Waals surface area contributed by atoms with E-state index in [1.165, 1.54) is 4.90 Å². The van der Waals surface area contributed by atoms with E-state index in [-0.39, 0.29) is 25.4 Å². The van der Waals surface area contributed by atoms with E-state index in [0.717, 1.165) is 6.42 Å². The lowest BCUT2D eigenvalue weighted by atomic mass is 10.1. The first-order valence-corrected chi connectivity index (χ1v) is 6.59. The summed E-state index contributed by atoms with van der Waals surface area (Å²) >= 11 is 0. The third-order valence-electron chi connectivity index (χ3n) is 3.33. The molecule has 0 aliphatic carbocycles. The van der Waals surface area contributed by atoms with Crippen LogP contribution in [0.15, 0.2) is 0 Å². The van der Waals surface area contributed by atoms with Gasteiger partial charge in [0.25, 0.3) is 5.91 Å². The molecule has 1 rings (SSSR count). The number of carbonyl (C=O) groups excluding carboxylic acids is 1. The molecule has 5 nitrogen and oxygen atoms in total. The van der Waals surface area contributed by atoms with Crippen LogP contribution in [0.2, 0.25) is 0 Å². The van der Waals surface area contributed by atoms with Gasteiger partial charge in [0.05, 0.1) is 6.54 Å². The van der Waals surface area contributed by atoms with Gasteiger partial charge in [0.15, 0.2) is 0 Å². The molecule has 1 saturated heterocycles. The fourth-order valence-electron chi connectivity index (χ4n) is 1.94. The lowest BCUT2D eigenvalue weighted by molar-refractivity contribution is -0.151. The first kappa shape index (κ1) is 15.9. The fourth-order valence-corrected chi connectivity index (χ4v) is 1.94. The van der Waals surface area contributed by atoms with Crippen LogP contribution >= 0.6 is 0 Å². The molecule has 6 heteroatoms. The van der Waals surface area contributed by atoms with Crippen molar-refractivity contribution in [2.24, 2.45) is 5.92 Å². The Morgan fingerprint density at radius 2 is 2.05 bits per heavy atom. The maximum atomic E-state index is 13.8. The molecule has 0 aromatic heterocycles. The minimum Gasteiger partial charge on any atom is -0.479 e. The van der Waals surface area contributed by atoms with Gasteiger partial charge in [-0.15, -0.1) is 0 Å². The summed E-state index contributed by atoms with van der Waals surface area (Å²) in [6, 6.07) is 0. The highest BCUT2D eigenvalue weighted by atomic mass is 19.1. The molecular formula is C13H22FNO4. The van der Waals surface area contributed by atoms with Gasteiger partial charge in [0.2, 0.25) is 5.67 Å². The third-order valence-corrected chi connectivity index (χ3v) is 3.33. The van der Waals surface area contributed by atoms with Gasteiger partial charge in [-0.1, -0.05) is 13.8 Å². The molecule has 0 spiro atoms. The summed E-state index contributed by atoms with van der Waals surface area (Å²) in [5.74, 6) is -1.36. The molecule has 0 aromatic rings. The Morgan fingerprint density at radius 3 is 2.53 bits per heavy atom. The number of carbonyl (C=O) groups is 2. The Hall–Kier alpha value is -1.17. The summed E-state index contributed by atoms with van der Waals surface area (Å²) in [5, 5.41) is 8.77. The monoisotopic (exact) mass is 275 g/mol. The lowest BCUT2D eigenvalue weighted by Crippen LogP contribution is -2.42. The summed E-state index contributed by atoms with van der Waals surface area (Å²) in [4.78, 5) is 24.0. The smallest absolute Gasteiger partial charge is 0.343 e. The summed E-state index contributed by atoms with van der Waals surface area (Å²) in [7, 11) is 0. The number of carboxylic acid groups (broad SMARTS) is 1. The van der Waals surface area contributed by atoms with Crippen molar-refractivity contribution in [1.82, 2.24) is 4.90 Å². The number of halogens is 1. The van der Waals surface area contributed by atoms with E-state index in [0.29, 0.717) is 12.5 Å². The molecule has 0 aromatic carbocycles. The van der Waals surface area contributed by atoms with Crippen molar-refractivity contribution in [3.8, 4) is 0 Å². The highest BCUT2D eigenvalue weighted by Crippen LogP contribution is 2.26. The highest BCUT2D eigenvalue weighted by molar-refractivity contribution is 5.84. The van der Waals surface area contributed by atoms with E-state index in [1.54, 1.807) is 6.92 Å². The number of nitrogens with zero attached hydrogens (tertiary/aromatic N) is 1. The summed E-state index contributed by atoms with van der Waals surface area (Å²) in [6.07, 6.45) is 0.0296. The number of hydrogen-bond acceptors (Lipinski definition) is 3. The first-order valence-electron chi connectivity index (χ1n) is 6.59. The summed E-state index contributed by atoms with van der Waals surface area (Å²) in [6.45, 7) is 5.93. The van der Waals surface area contributed by atoms with Gasteiger partial charge in [-0.25, -0.2) is 9.18 Å². The average Bonchev–Trinajstić information content (AvgIpc) is 2.71. The van der Waals surface area contributed by atoms with Gasteiger partial charge in [-0.3, -0.25) is 4.79 Å². The molecule has 1 heterocycles.